The maximum absolute atomic E-state index is 11.6. The quantitative estimate of drug-likeness (QED) is 0.822. The lowest BCUT2D eigenvalue weighted by Crippen LogP contribution is -2.09. The minimum Gasteiger partial charge on any atom is -0.494 e. The number of nitrogen functional groups attached to an aromatic ring is 1. The third-order valence-electron chi connectivity index (χ3n) is 2.82. The summed E-state index contributed by atoms with van der Waals surface area (Å²) < 4.78 is 10.0. The number of esters is 1. The number of nitrogens with two attached hydrogens (primary N) is 1. The summed E-state index contributed by atoms with van der Waals surface area (Å²) in [6, 6.07) is 8.89. The van der Waals surface area contributed by atoms with E-state index in [0.29, 0.717) is 12.4 Å². The van der Waals surface area contributed by atoms with Gasteiger partial charge in [-0.05, 0) is 37.3 Å². The summed E-state index contributed by atoms with van der Waals surface area (Å²) in [6.07, 6.45) is 1.50. The number of benzene rings is 1. The molecule has 1 aromatic heterocycles. The Labute approximate surface area is 122 Å². The van der Waals surface area contributed by atoms with Crippen LogP contribution in [0.3, 0.4) is 0 Å². The van der Waals surface area contributed by atoms with Gasteiger partial charge in [0.25, 0.3) is 0 Å². The molecule has 0 bridgehead atoms. The maximum Gasteiger partial charge on any atom is 0.340 e. The van der Waals surface area contributed by atoms with Crippen molar-refractivity contribution >= 4 is 23.2 Å². The van der Waals surface area contributed by atoms with Gasteiger partial charge in [-0.25, -0.2) is 9.78 Å². The van der Waals surface area contributed by atoms with E-state index in [9.17, 15) is 4.79 Å². The van der Waals surface area contributed by atoms with Gasteiger partial charge in [-0.1, -0.05) is 0 Å². The van der Waals surface area contributed by atoms with E-state index in [2.05, 4.69) is 15.0 Å². The molecule has 6 nitrogen and oxygen atoms in total. The highest BCUT2D eigenvalue weighted by Gasteiger charge is 2.13. The normalized spacial score (nSPS) is 10.0. The molecule has 0 aliphatic carbocycles. The standard InChI is InChI=1S/C15H17N3O3/c1-3-21-11-6-4-10(5-7-11)18-14-13(16)12(8-9-17-14)15(19)20-2/h4-9H,3,16H2,1-2H3,(H,17,18). The highest BCUT2D eigenvalue weighted by molar-refractivity contribution is 5.97. The number of methoxy groups -OCH3 is 1. The topological polar surface area (TPSA) is 86.5 Å². The van der Waals surface area contributed by atoms with Crippen LogP contribution in [0.2, 0.25) is 0 Å². The van der Waals surface area contributed by atoms with Gasteiger partial charge in [-0.2, -0.15) is 0 Å². The zero-order valence-corrected chi connectivity index (χ0v) is 11.9. The van der Waals surface area contributed by atoms with Gasteiger partial charge in [0.05, 0.1) is 25.0 Å². The minimum atomic E-state index is -0.496. The number of anilines is 3. The van der Waals surface area contributed by atoms with Crippen molar-refractivity contribution < 1.29 is 14.3 Å². The molecule has 0 radical (unpaired) electrons. The molecule has 6 heteroatoms. The Morgan fingerprint density at radius 3 is 2.62 bits per heavy atom. The van der Waals surface area contributed by atoms with Crippen LogP contribution in [-0.4, -0.2) is 24.7 Å². The highest BCUT2D eigenvalue weighted by atomic mass is 16.5. The predicted molar refractivity (Wildman–Crippen MR) is 80.9 cm³/mol. The fraction of sp³-hybridized carbons (Fsp3) is 0.200. The molecule has 0 fully saturated rings. The summed E-state index contributed by atoms with van der Waals surface area (Å²) in [5, 5.41) is 3.06. The Kier molecular flexibility index (Phi) is 4.61. The number of carbonyl (C=O) groups excluding carboxylic acids is 1. The number of aromatic nitrogens is 1. The van der Waals surface area contributed by atoms with Crippen molar-refractivity contribution in [3.8, 4) is 5.75 Å². The Hall–Kier alpha value is -2.76. The number of nitrogens with one attached hydrogen (secondary N) is 1. The molecule has 21 heavy (non-hydrogen) atoms. The summed E-state index contributed by atoms with van der Waals surface area (Å²) in [7, 11) is 1.31. The average molecular weight is 287 g/mol. The highest BCUT2D eigenvalue weighted by Crippen LogP contribution is 2.25. The summed E-state index contributed by atoms with van der Waals surface area (Å²) in [5.74, 6) is 0.694. The number of ether oxygens (including phenoxy) is 2. The Bertz CT molecular complexity index is 627. The van der Waals surface area contributed by atoms with Gasteiger partial charge in [0.15, 0.2) is 5.82 Å². The van der Waals surface area contributed by atoms with E-state index in [0.717, 1.165) is 11.4 Å². The van der Waals surface area contributed by atoms with Crippen LogP contribution in [-0.2, 0) is 4.74 Å². The maximum atomic E-state index is 11.6. The molecular formula is C15H17N3O3. The molecule has 0 saturated heterocycles. The fourth-order valence-electron chi connectivity index (χ4n) is 1.80. The van der Waals surface area contributed by atoms with Crippen LogP contribution in [0.15, 0.2) is 36.5 Å². The molecule has 0 atom stereocenters. The van der Waals surface area contributed by atoms with Gasteiger partial charge in [-0.15, -0.1) is 0 Å². The van der Waals surface area contributed by atoms with E-state index in [4.69, 9.17) is 10.5 Å². The SMILES string of the molecule is CCOc1ccc(Nc2nccc(C(=O)OC)c2N)cc1. The van der Waals surface area contributed by atoms with Crippen molar-refractivity contribution in [2.75, 3.05) is 24.8 Å². The summed E-state index contributed by atoms with van der Waals surface area (Å²) in [6.45, 7) is 2.54. The molecule has 1 aromatic carbocycles. The molecule has 0 unspecified atom stereocenters. The van der Waals surface area contributed by atoms with Gasteiger partial charge < -0.3 is 20.5 Å². The van der Waals surface area contributed by atoms with E-state index in [1.165, 1.54) is 19.4 Å². The molecule has 0 spiro atoms. The van der Waals surface area contributed by atoms with Gasteiger partial charge in [-0.3, -0.25) is 0 Å². The van der Waals surface area contributed by atoms with Crippen LogP contribution >= 0.6 is 0 Å². The number of pyridine rings is 1. The van der Waals surface area contributed by atoms with E-state index >= 15 is 0 Å². The van der Waals surface area contributed by atoms with Crippen molar-refractivity contribution in [3.05, 3.63) is 42.1 Å². The molecule has 0 amide bonds. The van der Waals surface area contributed by atoms with Gasteiger partial charge in [0, 0.05) is 11.9 Å². The van der Waals surface area contributed by atoms with Crippen LogP contribution in [0.25, 0.3) is 0 Å². The smallest absolute Gasteiger partial charge is 0.340 e. The summed E-state index contributed by atoms with van der Waals surface area (Å²) in [4.78, 5) is 15.7. The second-order valence-electron chi connectivity index (χ2n) is 4.19. The first-order valence-electron chi connectivity index (χ1n) is 6.48. The fourth-order valence-corrected chi connectivity index (χ4v) is 1.80. The predicted octanol–water partition coefficient (Wildman–Crippen LogP) is 2.59. The third kappa shape index (κ3) is 3.42. The Balaban J connectivity index is 2.21. The zero-order chi connectivity index (χ0) is 15.2. The monoisotopic (exact) mass is 287 g/mol. The number of hydrogen-bond acceptors (Lipinski definition) is 6. The first kappa shape index (κ1) is 14.6. The number of hydrogen-bond donors (Lipinski definition) is 2. The number of rotatable bonds is 5. The van der Waals surface area contributed by atoms with Gasteiger partial charge >= 0.3 is 5.97 Å². The molecule has 2 rings (SSSR count). The number of nitrogens with zero attached hydrogens (tertiary/aromatic N) is 1. The van der Waals surface area contributed by atoms with Crippen LogP contribution < -0.4 is 15.8 Å². The second-order valence-corrected chi connectivity index (χ2v) is 4.19. The van der Waals surface area contributed by atoms with Crippen LogP contribution in [0.4, 0.5) is 17.2 Å². The van der Waals surface area contributed by atoms with Crippen molar-refractivity contribution in [1.29, 1.82) is 0 Å². The lowest BCUT2D eigenvalue weighted by atomic mass is 10.2. The van der Waals surface area contributed by atoms with Crippen molar-refractivity contribution in [2.45, 2.75) is 6.92 Å². The summed E-state index contributed by atoms with van der Waals surface area (Å²) >= 11 is 0. The van der Waals surface area contributed by atoms with Gasteiger partial charge in [0.1, 0.15) is 5.75 Å². The molecule has 0 aliphatic heterocycles. The molecule has 0 saturated carbocycles. The van der Waals surface area contributed by atoms with Crippen LogP contribution in [0.1, 0.15) is 17.3 Å². The second kappa shape index (κ2) is 6.60. The molecular weight excluding hydrogens is 270 g/mol. The van der Waals surface area contributed by atoms with E-state index < -0.39 is 5.97 Å². The Morgan fingerprint density at radius 2 is 2.00 bits per heavy atom. The zero-order valence-electron chi connectivity index (χ0n) is 11.9. The van der Waals surface area contributed by atoms with Crippen molar-refractivity contribution in [1.82, 2.24) is 4.98 Å². The lowest BCUT2D eigenvalue weighted by molar-refractivity contribution is 0.0602. The van der Waals surface area contributed by atoms with E-state index in [1.807, 2.05) is 31.2 Å². The lowest BCUT2D eigenvalue weighted by Gasteiger charge is -2.11. The molecule has 1 heterocycles. The van der Waals surface area contributed by atoms with Crippen molar-refractivity contribution in [3.63, 3.8) is 0 Å². The average Bonchev–Trinajstić information content (AvgIpc) is 2.51. The summed E-state index contributed by atoms with van der Waals surface area (Å²) in [5.41, 5.74) is 7.25. The molecule has 110 valence electrons. The third-order valence-corrected chi connectivity index (χ3v) is 2.82. The van der Waals surface area contributed by atoms with Crippen LogP contribution in [0.5, 0.6) is 5.75 Å². The Morgan fingerprint density at radius 1 is 1.29 bits per heavy atom. The van der Waals surface area contributed by atoms with Crippen molar-refractivity contribution in [2.24, 2.45) is 0 Å². The van der Waals surface area contributed by atoms with Gasteiger partial charge in [0.2, 0.25) is 0 Å². The molecule has 0 aliphatic rings. The first-order chi connectivity index (χ1) is 10.2. The first-order valence-corrected chi connectivity index (χ1v) is 6.48. The number of carbonyl (C=O) groups is 1. The van der Waals surface area contributed by atoms with E-state index in [-0.39, 0.29) is 11.3 Å². The largest absolute Gasteiger partial charge is 0.494 e. The van der Waals surface area contributed by atoms with Crippen LogP contribution in [0, 0.1) is 0 Å². The molecule has 3 N–H and O–H groups in total. The van der Waals surface area contributed by atoms with E-state index in [1.54, 1.807) is 0 Å². The molecule has 2 aromatic rings. The minimum absolute atomic E-state index is 0.248.